The molecular formula is C11H21NO2. The summed E-state index contributed by atoms with van der Waals surface area (Å²) in [6, 6.07) is 0.453. The molecule has 0 saturated carbocycles. The quantitative estimate of drug-likeness (QED) is 0.706. The predicted molar refractivity (Wildman–Crippen MR) is 57.2 cm³/mol. The van der Waals surface area contributed by atoms with E-state index in [1.807, 2.05) is 6.26 Å². The Balaban J connectivity index is 2.14. The van der Waals surface area contributed by atoms with Crippen molar-refractivity contribution in [2.75, 3.05) is 20.3 Å². The van der Waals surface area contributed by atoms with Gasteiger partial charge in [0, 0.05) is 19.7 Å². The smallest absolute Gasteiger partial charge is 0.110 e. The molecule has 1 heterocycles. The van der Waals surface area contributed by atoms with E-state index >= 15 is 0 Å². The SMILES string of the molecule is CCC(COC)NCC1CCC=CO1. The fraction of sp³-hybridized carbons (Fsp3) is 0.818. The topological polar surface area (TPSA) is 30.5 Å². The summed E-state index contributed by atoms with van der Waals surface area (Å²) in [7, 11) is 1.74. The molecule has 82 valence electrons. The Labute approximate surface area is 86.5 Å². The first-order valence-corrected chi connectivity index (χ1v) is 5.39. The lowest BCUT2D eigenvalue weighted by Crippen LogP contribution is -2.38. The van der Waals surface area contributed by atoms with Crippen molar-refractivity contribution in [3.8, 4) is 0 Å². The Bertz CT molecular complexity index is 171. The normalized spacial score (nSPS) is 23.1. The van der Waals surface area contributed by atoms with Gasteiger partial charge in [0.15, 0.2) is 0 Å². The maximum absolute atomic E-state index is 5.47. The van der Waals surface area contributed by atoms with Crippen molar-refractivity contribution in [2.45, 2.75) is 38.3 Å². The van der Waals surface area contributed by atoms with Crippen molar-refractivity contribution in [2.24, 2.45) is 0 Å². The molecule has 0 aromatic carbocycles. The van der Waals surface area contributed by atoms with Gasteiger partial charge in [-0.25, -0.2) is 0 Å². The fourth-order valence-corrected chi connectivity index (χ4v) is 1.56. The number of rotatable bonds is 6. The van der Waals surface area contributed by atoms with Gasteiger partial charge in [-0.1, -0.05) is 6.92 Å². The van der Waals surface area contributed by atoms with Crippen LogP contribution in [0.25, 0.3) is 0 Å². The number of ether oxygens (including phenoxy) is 2. The molecule has 0 amide bonds. The summed E-state index contributed by atoms with van der Waals surface area (Å²) in [4.78, 5) is 0. The first-order chi connectivity index (χ1) is 6.86. The maximum Gasteiger partial charge on any atom is 0.110 e. The first kappa shape index (κ1) is 11.5. The Kier molecular flexibility index (Phi) is 5.64. The van der Waals surface area contributed by atoms with Crippen LogP contribution in [0.1, 0.15) is 26.2 Å². The van der Waals surface area contributed by atoms with Gasteiger partial charge in [-0.05, 0) is 25.3 Å². The van der Waals surface area contributed by atoms with Gasteiger partial charge in [0.25, 0.3) is 0 Å². The predicted octanol–water partition coefficient (Wildman–Crippen LogP) is 1.69. The molecule has 0 aromatic rings. The first-order valence-electron chi connectivity index (χ1n) is 5.39. The van der Waals surface area contributed by atoms with Gasteiger partial charge in [0.1, 0.15) is 6.10 Å². The summed E-state index contributed by atoms with van der Waals surface area (Å²) >= 11 is 0. The molecule has 1 rings (SSSR count). The van der Waals surface area contributed by atoms with Gasteiger partial charge >= 0.3 is 0 Å². The van der Waals surface area contributed by atoms with Crippen molar-refractivity contribution >= 4 is 0 Å². The van der Waals surface area contributed by atoms with E-state index in [1.54, 1.807) is 7.11 Å². The Morgan fingerprint density at radius 1 is 1.64 bits per heavy atom. The van der Waals surface area contributed by atoms with E-state index in [0.29, 0.717) is 12.1 Å². The van der Waals surface area contributed by atoms with Gasteiger partial charge in [-0.3, -0.25) is 0 Å². The van der Waals surface area contributed by atoms with Crippen molar-refractivity contribution in [3.63, 3.8) is 0 Å². The molecule has 0 fully saturated rings. The third-order valence-electron chi connectivity index (χ3n) is 2.52. The third kappa shape index (κ3) is 4.11. The zero-order chi connectivity index (χ0) is 10.2. The van der Waals surface area contributed by atoms with Crippen molar-refractivity contribution in [3.05, 3.63) is 12.3 Å². The molecule has 1 N–H and O–H groups in total. The van der Waals surface area contributed by atoms with Crippen LogP contribution < -0.4 is 5.32 Å². The molecule has 1 aliphatic heterocycles. The van der Waals surface area contributed by atoms with Gasteiger partial charge < -0.3 is 14.8 Å². The highest BCUT2D eigenvalue weighted by molar-refractivity contribution is 4.83. The molecular weight excluding hydrogens is 178 g/mol. The van der Waals surface area contributed by atoms with Crippen molar-refractivity contribution in [1.29, 1.82) is 0 Å². The number of hydrogen-bond acceptors (Lipinski definition) is 3. The van der Waals surface area contributed by atoms with E-state index in [0.717, 1.165) is 32.4 Å². The molecule has 3 heteroatoms. The molecule has 0 aliphatic carbocycles. The molecule has 3 nitrogen and oxygen atoms in total. The molecule has 0 saturated heterocycles. The Morgan fingerprint density at radius 2 is 2.50 bits per heavy atom. The highest BCUT2D eigenvalue weighted by Gasteiger charge is 2.12. The van der Waals surface area contributed by atoms with Crippen LogP contribution in [-0.2, 0) is 9.47 Å². The second-order valence-electron chi connectivity index (χ2n) is 3.68. The highest BCUT2D eigenvalue weighted by Crippen LogP contribution is 2.09. The van der Waals surface area contributed by atoms with Crippen LogP contribution in [0.15, 0.2) is 12.3 Å². The molecule has 1 aliphatic rings. The van der Waals surface area contributed by atoms with E-state index in [4.69, 9.17) is 9.47 Å². The zero-order valence-corrected chi connectivity index (χ0v) is 9.16. The van der Waals surface area contributed by atoms with E-state index in [9.17, 15) is 0 Å². The number of allylic oxidation sites excluding steroid dienone is 1. The van der Waals surface area contributed by atoms with Crippen LogP contribution in [0.2, 0.25) is 0 Å². The summed E-state index contributed by atoms with van der Waals surface area (Å²) < 4.78 is 10.6. The summed E-state index contributed by atoms with van der Waals surface area (Å²) in [6.07, 6.45) is 7.57. The van der Waals surface area contributed by atoms with Crippen molar-refractivity contribution in [1.82, 2.24) is 5.32 Å². The average Bonchev–Trinajstić information content (AvgIpc) is 2.25. The van der Waals surface area contributed by atoms with Gasteiger partial charge in [0.2, 0.25) is 0 Å². The second-order valence-corrected chi connectivity index (χ2v) is 3.68. The van der Waals surface area contributed by atoms with E-state index in [1.165, 1.54) is 0 Å². The molecule has 2 atom stereocenters. The van der Waals surface area contributed by atoms with Crippen LogP contribution >= 0.6 is 0 Å². The number of methoxy groups -OCH3 is 1. The minimum atomic E-state index is 0.339. The molecule has 2 unspecified atom stereocenters. The van der Waals surface area contributed by atoms with Crippen LogP contribution in [0.4, 0.5) is 0 Å². The van der Waals surface area contributed by atoms with Crippen LogP contribution in [-0.4, -0.2) is 32.4 Å². The summed E-state index contributed by atoms with van der Waals surface area (Å²) in [5.74, 6) is 0. The highest BCUT2D eigenvalue weighted by atomic mass is 16.5. The van der Waals surface area contributed by atoms with E-state index < -0.39 is 0 Å². The molecule has 14 heavy (non-hydrogen) atoms. The van der Waals surface area contributed by atoms with Crippen molar-refractivity contribution < 1.29 is 9.47 Å². The van der Waals surface area contributed by atoms with Crippen LogP contribution in [0.3, 0.4) is 0 Å². The van der Waals surface area contributed by atoms with Crippen LogP contribution in [0, 0.1) is 0 Å². The monoisotopic (exact) mass is 199 g/mol. The largest absolute Gasteiger partial charge is 0.497 e. The summed E-state index contributed by atoms with van der Waals surface area (Å²) in [6.45, 7) is 3.86. The molecule has 0 bridgehead atoms. The lowest BCUT2D eigenvalue weighted by molar-refractivity contribution is 0.107. The summed E-state index contributed by atoms with van der Waals surface area (Å²) in [5.41, 5.74) is 0. The minimum absolute atomic E-state index is 0.339. The molecule has 0 aromatic heterocycles. The lowest BCUT2D eigenvalue weighted by Gasteiger charge is -2.23. The summed E-state index contributed by atoms with van der Waals surface area (Å²) in [5, 5.41) is 3.46. The molecule has 0 spiro atoms. The van der Waals surface area contributed by atoms with Gasteiger partial charge in [0.05, 0.1) is 12.9 Å². The Morgan fingerprint density at radius 3 is 3.07 bits per heavy atom. The third-order valence-corrected chi connectivity index (χ3v) is 2.52. The van der Waals surface area contributed by atoms with E-state index in [2.05, 4.69) is 18.3 Å². The van der Waals surface area contributed by atoms with E-state index in [-0.39, 0.29) is 0 Å². The lowest BCUT2D eigenvalue weighted by atomic mass is 10.1. The second kappa shape index (κ2) is 6.85. The molecule has 0 radical (unpaired) electrons. The fourth-order valence-electron chi connectivity index (χ4n) is 1.56. The maximum atomic E-state index is 5.47. The average molecular weight is 199 g/mol. The Hall–Kier alpha value is -0.540. The van der Waals surface area contributed by atoms with Crippen LogP contribution in [0.5, 0.6) is 0 Å². The number of hydrogen-bond donors (Lipinski definition) is 1. The standard InChI is InChI=1S/C11H21NO2/c1-3-10(9-13-2)12-8-11-6-4-5-7-14-11/h5,7,10-12H,3-4,6,8-9H2,1-2H3. The minimum Gasteiger partial charge on any atom is -0.497 e. The zero-order valence-electron chi connectivity index (χ0n) is 9.16. The number of nitrogens with one attached hydrogen (secondary N) is 1. The van der Waals surface area contributed by atoms with Gasteiger partial charge in [-0.2, -0.15) is 0 Å². The van der Waals surface area contributed by atoms with Gasteiger partial charge in [-0.15, -0.1) is 0 Å².